The Bertz CT molecular complexity index is 588. The lowest BCUT2D eigenvalue weighted by Crippen LogP contribution is -3.14. The second kappa shape index (κ2) is 7.61. The first-order valence-corrected chi connectivity index (χ1v) is 8.03. The number of carbonyl (C=O) groups is 1. The van der Waals surface area contributed by atoms with Gasteiger partial charge < -0.3 is 14.5 Å². The average molecular weight is 343 g/mol. The minimum absolute atomic E-state index is 0.0884. The average Bonchev–Trinajstić information content (AvgIpc) is 2.55. The summed E-state index contributed by atoms with van der Waals surface area (Å²) in [6, 6.07) is 3.95. The number of likely N-dealkylation sites (N-methyl/N-ethyl adjacent to an activating group) is 1. The Morgan fingerprint density at radius 1 is 1.48 bits per heavy atom. The molecule has 23 heavy (non-hydrogen) atoms. The lowest BCUT2D eigenvalue weighted by Gasteiger charge is -2.33. The lowest BCUT2D eigenvalue weighted by molar-refractivity contribution is -0.902. The number of ether oxygens (including phenoxy) is 1. The van der Waals surface area contributed by atoms with E-state index in [1.54, 1.807) is 11.8 Å². The number of hydrogen-bond donors (Lipinski definition) is 1. The second-order valence-electron chi connectivity index (χ2n) is 5.56. The van der Waals surface area contributed by atoms with Crippen molar-refractivity contribution in [3.8, 4) is 5.75 Å². The van der Waals surface area contributed by atoms with Crippen molar-refractivity contribution >= 4 is 23.2 Å². The molecule has 1 amide bonds. The molecule has 1 aliphatic rings. The van der Waals surface area contributed by atoms with Crippen LogP contribution in [0.5, 0.6) is 5.75 Å². The number of hydrogen-bond acceptors (Lipinski definition) is 4. The molecule has 0 aliphatic carbocycles. The summed E-state index contributed by atoms with van der Waals surface area (Å²) in [5.41, 5.74) is -0.111. The number of nitro benzene ring substituents is 1. The Morgan fingerprint density at radius 3 is 2.65 bits per heavy atom. The predicted molar refractivity (Wildman–Crippen MR) is 86.0 cm³/mol. The molecule has 0 bridgehead atoms. The van der Waals surface area contributed by atoms with Crippen molar-refractivity contribution in [3.63, 3.8) is 0 Å². The monoisotopic (exact) mass is 342 g/mol. The quantitative estimate of drug-likeness (QED) is 0.633. The van der Waals surface area contributed by atoms with Crippen LogP contribution in [0.1, 0.15) is 13.8 Å². The molecule has 1 heterocycles. The highest BCUT2D eigenvalue weighted by Gasteiger charge is 2.27. The van der Waals surface area contributed by atoms with E-state index in [4.69, 9.17) is 16.3 Å². The van der Waals surface area contributed by atoms with E-state index in [0.717, 1.165) is 19.6 Å². The summed E-state index contributed by atoms with van der Waals surface area (Å²) < 4.78 is 5.60. The molecule has 1 N–H and O–H groups in total. The largest absolute Gasteiger partial charge is 0.479 e. The maximum Gasteiger partial charge on any atom is 0.271 e. The number of non-ortho nitro benzene ring substituents is 1. The van der Waals surface area contributed by atoms with Crippen molar-refractivity contribution in [2.24, 2.45) is 0 Å². The smallest absolute Gasteiger partial charge is 0.271 e. The van der Waals surface area contributed by atoms with Gasteiger partial charge in [-0.3, -0.25) is 14.9 Å². The van der Waals surface area contributed by atoms with Gasteiger partial charge in [0.2, 0.25) is 0 Å². The summed E-state index contributed by atoms with van der Waals surface area (Å²) in [6.45, 7) is 8.16. The highest BCUT2D eigenvalue weighted by atomic mass is 35.5. The van der Waals surface area contributed by atoms with Gasteiger partial charge in [-0.2, -0.15) is 0 Å². The molecule has 1 aromatic carbocycles. The van der Waals surface area contributed by atoms with Crippen LogP contribution >= 0.6 is 11.6 Å². The first-order chi connectivity index (χ1) is 10.9. The zero-order chi connectivity index (χ0) is 17.0. The van der Waals surface area contributed by atoms with E-state index in [1.165, 1.54) is 23.1 Å². The lowest BCUT2D eigenvalue weighted by atomic mass is 10.2. The van der Waals surface area contributed by atoms with Gasteiger partial charge in [-0.05, 0) is 19.9 Å². The van der Waals surface area contributed by atoms with E-state index in [0.29, 0.717) is 13.1 Å². The van der Waals surface area contributed by atoms with Gasteiger partial charge in [-0.1, -0.05) is 11.6 Å². The van der Waals surface area contributed by atoms with Crippen molar-refractivity contribution in [2.75, 3.05) is 32.7 Å². The Morgan fingerprint density at radius 2 is 2.13 bits per heavy atom. The number of amides is 1. The van der Waals surface area contributed by atoms with Crippen LogP contribution in [-0.4, -0.2) is 54.6 Å². The van der Waals surface area contributed by atoms with Crippen LogP contribution in [0.15, 0.2) is 18.2 Å². The Labute approximate surface area is 139 Å². The van der Waals surface area contributed by atoms with Gasteiger partial charge in [-0.25, -0.2) is 0 Å². The number of carbonyl (C=O) groups excluding carboxylic acids is 1. The van der Waals surface area contributed by atoms with Crippen LogP contribution in [0.4, 0.5) is 5.69 Å². The zero-order valence-corrected chi connectivity index (χ0v) is 14.0. The minimum Gasteiger partial charge on any atom is -0.479 e. The Hall–Kier alpha value is -1.86. The number of benzene rings is 1. The van der Waals surface area contributed by atoms with E-state index >= 15 is 0 Å². The molecule has 2 rings (SSSR count). The summed E-state index contributed by atoms with van der Waals surface area (Å²) in [7, 11) is 0. The van der Waals surface area contributed by atoms with Gasteiger partial charge >= 0.3 is 0 Å². The molecular formula is C15H21ClN3O4+. The normalized spacial score (nSPS) is 16.9. The number of piperazine rings is 1. The second-order valence-corrected chi connectivity index (χ2v) is 5.97. The maximum absolute atomic E-state index is 12.4. The van der Waals surface area contributed by atoms with Crippen LogP contribution in [0.2, 0.25) is 5.02 Å². The minimum atomic E-state index is -0.683. The van der Waals surface area contributed by atoms with Crippen LogP contribution in [0.25, 0.3) is 0 Å². The molecule has 126 valence electrons. The molecule has 0 unspecified atom stereocenters. The van der Waals surface area contributed by atoms with Gasteiger partial charge in [-0.15, -0.1) is 0 Å². The van der Waals surface area contributed by atoms with Gasteiger partial charge in [0.1, 0.15) is 5.75 Å². The van der Waals surface area contributed by atoms with E-state index in [-0.39, 0.29) is 22.4 Å². The molecular weight excluding hydrogens is 322 g/mol. The number of nitro groups is 1. The summed E-state index contributed by atoms with van der Waals surface area (Å²) >= 11 is 5.99. The molecule has 0 spiro atoms. The van der Waals surface area contributed by atoms with Crippen molar-refractivity contribution in [1.82, 2.24) is 4.90 Å². The molecule has 0 saturated carbocycles. The maximum atomic E-state index is 12.4. The summed E-state index contributed by atoms with van der Waals surface area (Å²) in [5.74, 6) is 0.186. The van der Waals surface area contributed by atoms with Gasteiger partial charge in [0.25, 0.3) is 11.6 Å². The van der Waals surface area contributed by atoms with Crippen molar-refractivity contribution in [3.05, 3.63) is 33.3 Å². The molecule has 1 saturated heterocycles. The van der Waals surface area contributed by atoms with Gasteiger partial charge in [0.05, 0.1) is 42.7 Å². The first-order valence-electron chi connectivity index (χ1n) is 7.65. The SMILES string of the molecule is CC[NH+]1CCN(C(=O)[C@@H](C)Oc2ccc([N+](=O)[O-])cc2Cl)CC1. The molecule has 1 aromatic rings. The number of quaternary nitrogens is 1. The first kappa shape index (κ1) is 17.5. The predicted octanol–water partition coefficient (Wildman–Crippen LogP) is 0.763. The van der Waals surface area contributed by atoms with E-state index in [2.05, 4.69) is 6.92 Å². The molecule has 1 atom stereocenters. The molecule has 8 heteroatoms. The highest BCUT2D eigenvalue weighted by Crippen LogP contribution is 2.29. The fraction of sp³-hybridized carbons (Fsp3) is 0.533. The third-order valence-corrected chi connectivity index (χ3v) is 4.36. The van der Waals surface area contributed by atoms with E-state index < -0.39 is 11.0 Å². The standard InChI is InChI=1S/C15H20ClN3O4/c1-3-17-6-8-18(9-7-17)15(20)11(2)23-14-5-4-12(19(21)22)10-13(14)16/h4-5,10-11H,3,6-9H2,1-2H3/p+1/t11-/m1/s1. The van der Waals surface area contributed by atoms with Crippen LogP contribution in [0, 0.1) is 10.1 Å². The van der Waals surface area contributed by atoms with E-state index in [1.807, 2.05) is 0 Å². The Balaban J connectivity index is 1.97. The van der Waals surface area contributed by atoms with Crippen LogP contribution in [0.3, 0.4) is 0 Å². The third-order valence-electron chi connectivity index (χ3n) is 4.06. The summed E-state index contributed by atoms with van der Waals surface area (Å²) in [6.07, 6.45) is -0.683. The van der Waals surface area contributed by atoms with Crippen molar-refractivity contribution in [2.45, 2.75) is 20.0 Å². The zero-order valence-electron chi connectivity index (χ0n) is 13.3. The molecule has 0 radical (unpaired) electrons. The van der Waals surface area contributed by atoms with Crippen LogP contribution in [-0.2, 0) is 4.79 Å². The molecule has 1 fully saturated rings. The molecule has 7 nitrogen and oxygen atoms in total. The van der Waals surface area contributed by atoms with Gasteiger partial charge in [0, 0.05) is 12.1 Å². The van der Waals surface area contributed by atoms with Gasteiger partial charge in [0.15, 0.2) is 6.10 Å². The fourth-order valence-electron chi connectivity index (χ4n) is 2.59. The van der Waals surface area contributed by atoms with Crippen molar-refractivity contribution in [1.29, 1.82) is 0 Å². The third kappa shape index (κ3) is 4.33. The molecule has 0 aromatic heterocycles. The fourth-order valence-corrected chi connectivity index (χ4v) is 2.81. The summed E-state index contributed by atoms with van der Waals surface area (Å²) in [5, 5.41) is 10.8. The highest BCUT2D eigenvalue weighted by molar-refractivity contribution is 6.32. The number of rotatable bonds is 5. The summed E-state index contributed by atoms with van der Waals surface area (Å²) in [4.78, 5) is 25.9. The van der Waals surface area contributed by atoms with Crippen molar-refractivity contribution < 1.29 is 19.4 Å². The van der Waals surface area contributed by atoms with Crippen LogP contribution < -0.4 is 9.64 Å². The topological polar surface area (TPSA) is 77.1 Å². The molecule has 1 aliphatic heterocycles. The number of nitrogens with zero attached hydrogens (tertiary/aromatic N) is 2. The Kier molecular flexibility index (Phi) is 5.79. The number of halogens is 1. The van der Waals surface area contributed by atoms with E-state index in [9.17, 15) is 14.9 Å². The number of nitrogens with one attached hydrogen (secondary N) is 1.